The van der Waals surface area contributed by atoms with E-state index in [-0.39, 0.29) is 0 Å². The van der Waals surface area contributed by atoms with Crippen molar-refractivity contribution in [3.05, 3.63) is 60.4 Å². The minimum atomic E-state index is 0.316. The molecule has 4 heteroatoms. The number of rotatable bonds is 2. The van der Waals surface area contributed by atoms with Crippen molar-refractivity contribution in [2.75, 3.05) is 18.1 Å². The Morgan fingerprint density at radius 2 is 1.86 bits per heavy atom. The highest BCUT2D eigenvalue weighted by Gasteiger charge is 2.22. The summed E-state index contributed by atoms with van der Waals surface area (Å²) in [6, 6.07) is 19.2. The zero-order valence-corrected chi connectivity index (χ0v) is 12.5. The molecule has 1 saturated heterocycles. The Morgan fingerprint density at radius 3 is 2.67 bits per heavy atom. The van der Waals surface area contributed by atoms with Crippen LogP contribution in [0.15, 0.2) is 54.6 Å². The van der Waals surface area contributed by atoms with Crippen LogP contribution in [0.4, 0.5) is 0 Å². The predicted molar refractivity (Wildman–Crippen MR) is 89.1 cm³/mol. The lowest BCUT2D eigenvalue weighted by molar-refractivity contribution is 0.559. The van der Waals surface area contributed by atoms with Gasteiger partial charge < -0.3 is 5.32 Å². The van der Waals surface area contributed by atoms with Gasteiger partial charge in [0.2, 0.25) is 0 Å². The maximum absolute atomic E-state index is 4.90. The van der Waals surface area contributed by atoms with Crippen LogP contribution in [0.25, 0.3) is 16.7 Å². The van der Waals surface area contributed by atoms with Crippen molar-refractivity contribution in [1.29, 1.82) is 0 Å². The Morgan fingerprint density at radius 1 is 1.05 bits per heavy atom. The summed E-state index contributed by atoms with van der Waals surface area (Å²) >= 11 is 2.00. The Labute approximate surface area is 128 Å². The van der Waals surface area contributed by atoms with Crippen LogP contribution in [0.3, 0.4) is 0 Å². The predicted octanol–water partition coefficient (Wildman–Crippen LogP) is 3.40. The zero-order chi connectivity index (χ0) is 14.1. The SMILES string of the molecule is c1ccc(-n2c(C3CSCCN3)nc3ccccc32)cc1. The molecule has 0 saturated carbocycles. The number of aromatic nitrogens is 2. The summed E-state index contributed by atoms with van der Waals surface area (Å²) in [5.74, 6) is 3.38. The molecule has 0 radical (unpaired) electrons. The van der Waals surface area contributed by atoms with E-state index in [1.165, 1.54) is 17.0 Å². The molecule has 0 spiro atoms. The van der Waals surface area contributed by atoms with Gasteiger partial charge in [-0.3, -0.25) is 4.57 Å². The van der Waals surface area contributed by atoms with Crippen LogP contribution in [0.5, 0.6) is 0 Å². The lowest BCUT2D eigenvalue weighted by atomic mass is 10.2. The van der Waals surface area contributed by atoms with E-state index in [0.29, 0.717) is 6.04 Å². The number of imidazole rings is 1. The molecule has 2 aromatic carbocycles. The third-order valence-corrected chi connectivity index (χ3v) is 4.90. The van der Waals surface area contributed by atoms with Gasteiger partial charge in [0.05, 0.1) is 17.1 Å². The second kappa shape index (κ2) is 5.54. The second-order valence-electron chi connectivity index (χ2n) is 5.21. The van der Waals surface area contributed by atoms with Crippen molar-refractivity contribution in [2.24, 2.45) is 0 Å². The van der Waals surface area contributed by atoms with E-state index >= 15 is 0 Å². The summed E-state index contributed by atoms with van der Waals surface area (Å²) in [5, 5.41) is 3.60. The van der Waals surface area contributed by atoms with Crippen LogP contribution in [-0.2, 0) is 0 Å². The van der Waals surface area contributed by atoms with Crippen molar-refractivity contribution in [3.8, 4) is 5.69 Å². The molecule has 21 heavy (non-hydrogen) atoms. The number of nitrogens with one attached hydrogen (secondary N) is 1. The van der Waals surface area contributed by atoms with Crippen LogP contribution >= 0.6 is 11.8 Å². The van der Waals surface area contributed by atoms with Crippen molar-refractivity contribution < 1.29 is 0 Å². The summed E-state index contributed by atoms with van der Waals surface area (Å²) < 4.78 is 2.29. The molecule has 3 nitrogen and oxygen atoms in total. The molecule has 1 aliphatic heterocycles. The fourth-order valence-electron chi connectivity index (χ4n) is 2.86. The first-order valence-electron chi connectivity index (χ1n) is 7.27. The van der Waals surface area contributed by atoms with Crippen molar-refractivity contribution in [1.82, 2.24) is 14.9 Å². The van der Waals surface area contributed by atoms with Crippen LogP contribution in [-0.4, -0.2) is 27.6 Å². The number of hydrogen-bond donors (Lipinski definition) is 1. The number of hydrogen-bond acceptors (Lipinski definition) is 3. The third kappa shape index (κ3) is 2.34. The molecule has 4 rings (SSSR count). The molecule has 3 aromatic rings. The minimum Gasteiger partial charge on any atom is -0.306 e. The first-order chi connectivity index (χ1) is 10.4. The van der Waals surface area contributed by atoms with Gasteiger partial charge in [-0.2, -0.15) is 11.8 Å². The molecule has 0 bridgehead atoms. The summed E-state index contributed by atoms with van der Waals surface area (Å²) in [4.78, 5) is 4.90. The monoisotopic (exact) mass is 295 g/mol. The summed E-state index contributed by atoms with van der Waals surface area (Å²) in [6.07, 6.45) is 0. The first kappa shape index (κ1) is 12.9. The number of fused-ring (bicyclic) bond motifs is 1. The number of thioether (sulfide) groups is 1. The van der Waals surface area contributed by atoms with Gasteiger partial charge in [0.25, 0.3) is 0 Å². The smallest absolute Gasteiger partial charge is 0.132 e. The highest BCUT2D eigenvalue weighted by molar-refractivity contribution is 7.99. The van der Waals surface area contributed by atoms with Gasteiger partial charge in [-0.25, -0.2) is 4.98 Å². The lowest BCUT2D eigenvalue weighted by Crippen LogP contribution is -2.32. The maximum atomic E-state index is 4.90. The Hall–Kier alpha value is -1.78. The Bertz CT molecular complexity index is 745. The van der Waals surface area contributed by atoms with Crippen LogP contribution < -0.4 is 5.32 Å². The Balaban J connectivity index is 1.92. The average molecular weight is 295 g/mol. The standard InChI is InChI=1S/C17H17N3S/c1-2-6-13(7-3-1)20-16-9-5-4-8-14(16)19-17(20)15-12-21-11-10-18-15/h1-9,15,18H,10-12H2. The Kier molecular flexibility index (Phi) is 3.41. The third-order valence-electron chi connectivity index (χ3n) is 3.83. The molecule has 0 aliphatic carbocycles. The average Bonchev–Trinajstić information content (AvgIpc) is 2.96. The second-order valence-corrected chi connectivity index (χ2v) is 6.36. The molecule has 1 fully saturated rings. The molecule has 1 aromatic heterocycles. The fourth-order valence-corrected chi connectivity index (χ4v) is 3.79. The molecule has 106 valence electrons. The van der Waals surface area contributed by atoms with Gasteiger partial charge in [-0.1, -0.05) is 30.3 Å². The highest BCUT2D eigenvalue weighted by Crippen LogP contribution is 2.28. The summed E-state index contributed by atoms with van der Waals surface area (Å²) in [6.45, 7) is 1.05. The largest absolute Gasteiger partial charge is 0.306 e. The molecule has 1 N–H and O–H groups in total. The van der Waals surface area contributed by atoms with E-state index in [1.807, 2.05) is 11.8 Å². The van der Waals surface area contributed by atoms with Crippen LogP contribution in [0.1, 0.15) is 11.9 Å². The normalized spacial score (nSPS) is 19.0. The number of para-hydroxylation sites is 3. The topological polar surface area (TPSA) is 29.9 Å². The van der Waals surface area contributed by atoms with E-state index < -0.39 is 0 Å². The number of benzene rings is 2. The highest BCUT2D eigenvalue weighted by atomic mass is 32.2. The molecule has 1 aliphatic rings. The van der Waals surface area contributed by atoms with E-state index in [4.69, 9.17) is 4.98 Å². The number of nitrogens with zero attached hydrogens (tertiary/aromatic N) is 2. The van der Waals surface area contributed by atoms with Gasteiger partial charge in [-0.15, -0.1) is 0 Å². The molecule has 0 amide bonds. The zero-order valence-electron chi connectivity index (χ0n) is 11.7. The molecular weight excluding hydrogens is 278 g/mol. The van der Waals surface area contributed by atoms with Gasteiger partial charge in [0, 0.05) is 23.7 Å². The molecule has 1 atom stereocenters. The van der Waals surface area contributed by atoms with E-state index in [1.54, 1.807) is 0 Å². The van der Waals surface area contributed by atoms with Crippen molar-refractivity contribution in [2.45, 2.75) is 6.04 Å². The minimum absolute atomic E-state index is 0.316. The van der Waals surface area contributed by atoms with Crippen molar-refractivity contribution in [3.63, 3.8) is 0 Å². The molecule has 2 heterocycles. The van der Waals surface area contributed by atoms with Gasteiger partial charge in [-0.05, 0) is 24.3 Å². The summed E-state index contributed by atoms with van der Waals surface area (Å²) in [5.41, 5.74) is 3.42. The van der Waals surface area contributed by atoms with E-state index in [2.05, 4.69) is 64.5 Å². The van der Waals surface area contributed by atoms with Crippen molar-refractivity contribution >= 4 is 22.8 Å². The summed E-state index contributed by atoms with van der Waals surface area (Å²) in [7, 11) is 0. The van der Waals surface area contributed by atoms with Gasteiger partial charge >= 0.3 is 0 Å². The molecule has 1 unspecified atom stereocenters. The van der Waals surface area contributed by atoms with E-state index in [0.717, 1.165) is 23.6 Å². The van der Waals surface area contributed by atoms with Gasteiger partial charge in [0.1, 0.15) is 5.82 Å². The molecular formula is C17H17N3S. The van der Waals surface area contributed by atoms with Gasteiger partial charge in [0.15, 0.2) is 0 Å². The fraction of sp³-hybridized carbons (Fsp3) is 0.235. The quantitative estimate of drug-likeness (QED) is 0.786. The van der Waals surface area contributed by atoms with Crippen LogP contribution in [0.2, 0.25) is 0 Å². The lowest BCUT2D eigenvalue weighted by Gasteiger charge is -2.23. The maximum Gasteiger partial charge on any atom is 0.132 e. The van der Waals surface area contributed by atoms with E-state index in [9.17, 15) is 0 Å². The van der Waals surface area contributed by atoms with Crippen LogP contribution in [0, 0.1) is 0 Å². The first-order valence-corrected chi connectivity index (χ1v) is 8.43.